The first-order chi connectivity index (χ1) is 9.78. The van der Waals surface area contributed by atoms with Gasteiger partial charge in [0.25, 0.3) is 5.89 Å². The number of hydrogen-bond acceptors (Lipinski definition) is 6. The summed E-state index contributed by atoms with van der Waals surface area (Å²) in [6.07, 6.45) is 0.729. The standard InChI is InChI=1S/C14H19N3O3/c1-3-12-16-13(20-17-12)9-19-14-10(8-15)6-5-7-11(14)18-4-2/h5-7H,3-4,8-9,15H2,1-2H3. The van der Waals surface area contributed by atoms with E-state index in [1.54, 1.807) is 0 Å². The number of rotatable bonds is 7. The van der Waals surface area contributed by atoms with Gasteiger partial charge in [0.2, 0.25) is 0 Å². The van der Waals surface area contributed by atoms with Crippen LogP contribution in [-0.2, 0) is 19.6 Å². The maximum absolute atomic E-state index is 5.75. The fourth-order valence-corrected chi connectivity index (χ4v) is 1.78. The summed E-state index contributed by atoms with van der Waals surface area (Å²) in [5.74, 6) is 2.41. The Morgan fingerprint density at radius 1 is 1.25 bits per heavy atom. The topological polar surface area (TPSA) is 83.4 Å². The second-order valence-electron chi connectivity index (χ2n) is 4.13. The largest absolute Gasteiger partial charge is 0.490 e. The van der Waals surface area contributed by atoms with Crippen LogP contribution in [0.4, 0.5) is 0 Å². The van der Waals surface area contributed by atoms with Gasteiger partial charge in [-0.3, -0.25) is 0 Å². The van der Waals surface area contributed by atoms with Crippen molar-refractivity contribution in [3.05, 3.63) is 35.5 Å². The molecule has 108 valence electrons. The Morgan fingerprint density at radius 3 is 2.75 bits per heavy atom. The number of para-hydroxylation sites is 1. The van der Waals surface area contributed by atoms with Gasteiger partial charge in [-0.1, -0.05) is 24.2 Å². The normalized spacial score (nSPS) is 10.6. The second kappa shape index (κ2) is 6.91. The number of nitrogens with zero attached hydrogens (tertiary/aromatic N) is 2. The molecule has 2 aromatic rings. The molecule has 0 spiro atoms. The van der Waals surface area contributed by atoms with Gasteiger partial charge in [0.15, 0.2) is 23.9 Å². The highest BCUT2D eigenvalue weighted by Gasteiger charge is 2.12. The van der Waals surface area contributed by atoms with Crippen molar-refractivity contribution < 1.29 is 14.0 Å². The molecule has 0 aliphatic carbocycles. The van der Waals surface area contributed by atoms with E-state index in [9.17, 15) is 0 Å². The van der Waals surface area contributed by atoms with Crippen LogP contribution < -0.4 is 15.2 Å². The zero-order valence-electron chi connectivity index (χ0n) is 11.8. The maximum Gasteiger partial charge on any atom is 0.264 e. The van der Waals surface area contributed by atoms with E-state index < -0.39 is 0 Å². The molecule has 1 heterocycles. The van der Waals surface area contributed by atoms with Crippen molar-refractivity contribution in [2.24, 2.45) is 5.73 Å². The van der Waals surface area contributed by atoms with Crippen LogP contribution in [-0.4, -0.2) is 16.7 Å². The molecule has 0 fully saturated rings. The minimum atomic E-state index is 0.198. The lowest BCUT2D eigenvalue weighted by molar-refractivity contribution is 0.226. The predicted molar refractivity (Wildman–Crippen MR) is 73.5 cm³/mol. The van der Waals surface area contributed by atoms with Crippen LogP contribution in [0.3, 0.4) is 0 Å². The van der Waals surface area contributed by atoms with E-state index in [2.05, 4.69) is 10.1 Å². The lowest BCUT2D eigenvalue weighted by Crippen LogP contribution is -2.05. The van der Waals surface area contributed by atoms with Gasteiger partial charge in [-0.25, -0.2) is 0 Å². The SMILES string of the molecule is CCOc1cccc(CN)c1OCc1nc(CC)no1. The van der Waals surface area contributed by atoms with Crippen LogP contribution >= 0.6 is 0 Å². The van der Waals surface area contributed by atoms with Gasteiger partial charge >= 0.3 is 0 Å². The van der Waals surface area contributed by atoms with E-state index >= 15 is 0 Å². The molecule has 20 heavy (non-hydrogen) atoms. The minimum Gasteiger partial charge on any atom is -0.490 e. The highest BCUT2D eigenvalue weighted by Crippen LogP contribution is 2.31. The third-order valence-electron chi connectivity index (χ3n) is 2.75. The zero-order chi connectivity index (χ0) is 14.4. The molecule has 2 N–H and O–H groups in total. The molecule has 0 aliphatic heterocycles. The number of aromatic nitrogens is 2. The molecule has 2 rings (SSSR count). The Balaban J connectivity index is 2.14. The van der Waals surface area contributed by atoms with Crippen molar-refractivity contribution in [3.8, 4) is 11.5 Å². The summed E-state index contributed by atoms with van der Waals surface area (Å²) in [5.41, 5.74) is 6.60. The van der Waals surface area contributed by atoms with Gasteiger partial charge in [-0.15, -0.1) is 0 Å². The summed E-state index contributed by atoms with van der Waals surface area (Å²) in [7, 11) is 0. The van der Waals surface area contributed by atoms with Crippen molar-refractivity contribution in [3.63, 3.8) is 0 Å². The molecule has 0 unspecified atom stereocenters. The first-order valence-electron chi connectivity index (χ1n) is 6.67. The smallest absolute Gasteiger partial charge is 0.264 e. The highest BCUT2D eigenvalue weighted by molar-refractivity contribution is 5.46. The molecule has 0 bridgehead atoms. The number of nitrogens with two attached hydrogens (primary N) is 1. The van der Waals surface area contributed by atoms with Crippen molar-refractivity contribution in [2.45, 2.75) is 33.4 Å². The van der Waals surface area contributed by atoms with E-state index in [0.29, 0.717) is 36.4 Å². The summed E-state index contributed by atoms with van der Waals surface area (Å²) in [6.45, 7) is 5.02. The van der Waals surface area contributed by atoms with Gasteiger partial charge < -0.3 is 19.7 Å². The lowest BCUT2D eigenvalue weighted by Gasteiger charge is -2.13. The van der Waals surface area contributed by atoms with Gasteiger partial charge in [-0.2, -0.15) is 4.98 Å². The summed E-state index contributed by atoms with van der Waals surface area (Å²) in [4.78, 5) is 4.20. The van der Waals surface area contributed by atoms with Crippen LogP contribution in [0.5, 0.6) is 11.5 Å². The van der Waals surface area contributed by atoms with E-state index in [0.717, 1.165) is 12.0 Å². The van der Waals surface area contributed by atoms with Crippen LogP contribution in [0.15, 0.2) is 22.7 Å². The summed E-state index contributed by atoms with van der Waals surface area (Å²) < 4.78 is 16.4. The molecular formula is C14H19N3O3. The van der Waals surface area contributed by atoms with Crippen molar-refractivity contribution in [2.75, 3.05) is 6.61 Å². The minimum absolute atomic E-state index is 0.198. The number of ether oxygens (including phenoxy) is 2. The highest BCUT2D eigenvalue weighted by atomic mass is 16.5. The quantitative estimate of drug-likeness (QED) is 0.834. The van der Waals surface area contributed by atoms with Gasteiger partial charge in [0.1, 0.15) is 0 Å². The Bertz CT molecular complexity index is 554. The van der Waals surface area contributed by atoms with Crippen LogP contribution in [0.2, 0.25) is 0 Å². The predicted octanol–water partition coefficient (Wildman–Crippen LogP) is 2.07. The molecule has 1 aromatic heterocycles. The van der Waals surface area contributed by atoms with Gasteiger partial charge in [0.05, 0.1) is 6.61 Å². The first kappa shape index (κ1) is 14.3. The molecular weight excluding hydrogens is 258 g/mol. The summed E-state index contributed by atoms with van der Waals surface area (Å²) >= 11 is 0. The molecule has 6 nitrogen and oxygen atoms in total. The fourth-order valence-electron chi connectivity index (χ4n) is 1.78. The van der Waals surface area contributed by atoms with Crippen LogP contribution in [0, 0.1) is 0 Å². The van der Waals surface area contributed by atoms with E-state index in [4.69, 9.17) is 19.7 Å². The summed E-state index contributed by atoms with van der Waals surface area (Å²) in [5, 5.41) is 3.83. The molecule has 0 saturated carbocycles. The Morgan fingerprint density at radius 2 is 2.10 bits per heavy atom. The first-order valence-corrected chi connectivity index (χ1v) is 6.67. The molecule has 0 radical (unpaired) electrons. The third-order valence-corrected chi connectivity index (χ3v) is 2.75. The van der Waals surface area contributed by atoms with E-state index in [1.807, 2.05) is 32.0 Å². The van der Waals surface area contributed by atoms with Gasteiger partial charge in [0, 0.05) is 18.5 Å². The second-order valence-corrected chi connectivity index (χ2v) is 4.13. The number of hydrogen-bond donors (Lipinski definition) is 1. The van der Waals surface area contributed by atoms with E-state index in [1.165, 1.54) is 0 Å². The van der Waals surface area contributed by atoms with Crippen molar-refractivity contribution in [1.29, 1.82) is 0 Å². The molecule has 0 aliphatic rings. The van der Waals surface area contributed by atoms with E-state index in [-0.39, 0.29) is 6.61 Å². The number of aryl methyl sites for hydroxylation is 1. The molecule has 1 aromatic carbocycles. The van der Waals surface area contributed by atoms with Crippen molar-refractivity contribution >= 4 is 0 Å². The Labute approximate surface area is 117 Å². The molecule has 0 atom stereocenters. The van der Waals surface area contributed by atoms with Gasteiger partial charge in [-0.05, 0) is 13.0 Å². The fraction of sp³-hybridized carbons (Fsp3) is 0.429. The lowest BCUT2D eigenvalue weighted by atomic mass is 10.2. The monoisotopic (exact) mass is 277 g/mol. The summed E-state index contributed by atoms with van der Waals surface area (Å²) in [6, 6.07) is 5.65. The van der Waals surface area contributed by atoms with Crippen molar-refractivity contribution in [1.82, 2.24) is 10.1 Å². The Kier molecular flexibility index (Phi) is 4.95. The van der Waals surface area contributed by atoms with Crippen LogP contribution in [0.1, 0.15) is 31.1 Å². The average molecular weight is 277 g/mol. The zero-order valence-corrected chi connectivity index (χ0v) is 11.8. The number of benzene rings is 1. The molecule has 0 saturated heterocycles. The molecule has 6 heteroatoms. The maximum atomic E-state index is 5.75. The molecule has 0 amide bonds. The Hall–Kier alpha value is -2.08. The third kappa shape index (κ3) is 3.27. The average Bonchev–Trinajstić information content (AvgIpc) is 2.94. The van der Waals surface area contributed by atoms with Crippen LogP contribution in [0.25, 0.3) is 0 Å².